The van der Waals surface area contributed by atoms with Crippen molar-refractivity contribution in [2.24, 2.45) is 0 Å². The standard InChI is InChI=1S/C41H33ClF3N3O4/c1-51-37-21-29-16-17-47(24-31(29)22-38(37)52-2)40(50)36-20-30-19-28(10-15-35(30)48(36)23-25-4-3-5-32(18-25)41(43,44)45)26-8-13-34(14-9-26)46-39(49)27-6-11-33(42)12-7-27/h3-15,18-22H,16-17,23-24H2,1-2H3,(H,46,49). The largest absolute Gasteiger partial charge is 0.493 e. The van der Waals surface area contributed by atoms with Crippen LogP contribution < -0.4 is 14.8 Å². The summed E-state index contributed by atoms with van der Waals surface area (Å²) in [5, 5.41) is 4.19. The Labute approximate surface area is 303 Å². The first-order chi connectivity index (χ1) is 25.0. The van der Waals surface area contributed by atoms with E-state index < -0.39 is 11.7 Å². The number of nitrogens with zero attached hydrogens (tertiary/aromatic N) is 2. The van der Waals surface area contributed by atoms with E-state index in [1.54, 1.807) is 72.2 Å². The van der Waals surface area contributed by atoms with E-state index in [1.807, 2.05) is 42.5 Å². The Morgan fingerprint density at radius 2 is 1.50 bits per heavy atom. The maximum absolute atomic E-state index is 14.3. The minimum atomic E-state index is -4.50. The van der Waals surface area contributed by atoms with E-state index in [0.717, 1.165) is 39.8 Å². The third-order valence-electron chi connectivity index (χ3n) is 9.30. The zero-order valence-corrected chi connectivity index (χ0v) is 29.0. The number of ether oxygens (including phenoxy) is 2. The number of nitrogens with one attached hydrogen (secondary N) is 1. The van der Waals surface area contributed by atoms with Crippen LogP contribution in [0.3, 0.4) is 0 Å². The molecule has 5 aromatic carbocycles. The molecular formula is C41H33ClF3N3O4. The second kappa shape index (κ2) is 14.1. The third kappa shape index (κ3) is 7.07. The van der Waals surface area contributed by atoms with Crippen molar-refractivity contribution in [2.45, 2.75) is 25.7 Å². The first-order valence-corrected chi connectivity index (χ1v) is 16.9. The SMILES string of the molecule is COc1cc2c(cc1OC)CN(C(=O)c1cc3cc(-c4ccc(NC(=O)c5ccc(Cl)cc5)cc4)ccc3n1Cc1cccc(C(F)(F)F)c1)CC2. The number of alkyl halides is 3. The quantitative estimate of drug-likeness (QED) is 0.170. The number of amides is 2. The highest BCUT2D eigenvalue weighted by atomic mass is 35.5. The van der Waals surface area contributed by atoms with Crippen LogP contribution >= 0.6 is 11.6 Å². The van der Waals surface area contributed by atoms with Gasteiger partial charge in [-0.2, -0.15) is 13.2 Å². The normalized spacial score (nSPS) is 12.8. The zero-order chi connectivity index (χ0) is 36.6. The van der Waals surface area contributed by atoms with Gasteiger partial charge in [-0.3, -0.25) is 9.59 Å². The molecule has 0 atom stereocenters. The molecule has 264 valence electrons. The second-order valence-electron chi connectivity index (χ2n) is 12.6. The molecule has 0 fully saturated rings. The number of halogens is 4. The van der Waals surface area contributed by atoms with E-state index in [9.17, 15) is 22.8 Å². The van der Waals surface area contributed by atoms with Crippen LogP contribution in [0.15, 0.2) is 109 Å². The fraction of sp³-hybridized carbons (Fsp3) is 0.171. The molecule has 1 aliphatic heterocycles. The number of hydrogen-bond donors (Lipinski definition) is 1. The van der Waals surface area contributed by atoms with E-state index >= 15 is 0 Å². The Morgan fingerprint density at radius 1 is 0.808 bits per heavy atom. The second-order valence-corrected chi connectivity index (χ2v) is 13.0. The molecule has 52 heavy (non-hydrogen) atoms. The molecule has 11 heteroatoms. The highest BCUT2D eigenvalue weighted by molar-refractivity contribution is 6.30. The molecule has 0 bridgehead atoms. The van der Waals surface area contributed by atoms with Gasteiger partial charge in [-0.05, 0) is 113 Å². The van der Waals surface area contributed by atoms with Crippen LogP contribution in [0.25, 0.3) is 22.0 Å². The van der Waals surface area contributed by atoms with Crippen molar-refractivity contribution >= 4 is 40.0 Å². The lowest BCUT2D eigenvalue weighted by atomic mass is 9.98. The van der Waals surface area contributed by atoms with Gasteiger partial charge in [-0.15, -0.1) is 0 Å². The van der Waals surface area contributed by atoms with Gasteiger partial charge in [0.2, 0.25) is 0 Å². The Kier molecular flexibility index (Phi) is 9.42. The van der Waals surface area contributed by atoms with E-state index in [2.05, 4.69) is 5.32 Å². The number of rotatable bonds is 8. The molecule has 7 rings (SSSR count). The zero-order valence-electron chi connectivity index (χ0n) is 28.3. The molecule has 0 saturated heterocycles. The van der Waals surface area contributed by atoms with Gasteiger partial charge in [-0.1, -0.05) is 41.9 Å². The van der Waals surface area contributed by atoms with E-state index in [0.29, 0.717) is 64.1 Å². The topological polar surface area (TPSA) is 72.8 Å². The fourth-order valence-electron chi connectivity index (χ4n) is 6.60. The van der Waals surface area contributed by atoms with Crippen molar-refractivity contribution < 1.29 is 32.2 Å². The van der Waals surface area contributed by atoms with E-state index in [4.69, 9.17) is 21.1 Å². The summed E-state index contributed by atoms with van der Waals surface area (Å²) in [6.45, 7) is 0.857. The lowest BCUT2D eigenvalue weighted by molar-refractivity contribution is -0.137. The molecule has 1 aliphatic rings. The number of anilines is 1. The minimum Gasteiger partial charge on any atom is -0.493 e. The minimum absolute atomic E-state index is 0.0608. The van der Waals surface area contributed by atoms with Gasteiger partial charge in [0, 0.05) is 46.8 Å². The number of fused-ring (bicyclic) bond motifs is 2. The molecule has 6 aromatic rings. The molecule has 0 unspecified atom stereocenters. The maximum Gasteiger partial charge on any atom is 0.416 e. The van der Waals surface area contributed by atoms with Crippen molar-refractivity contribution in [1.29, 1.82) is 0 Å². The third-order valence-corrected chi connectivity index (χ3v) is 9.56. The molecule has 1 N–H and O–H groups in total. The predicted octanol–water partition coefficient (Wildman–Crippen LogP) is 9.50. The summed E-state index contributed by atoms with van der Waals surface area (Å²) in [7, 11) is 3.14. The molecular weight excluding hydrogens is 691 g/mol. The van der Waals surface area contributed by atoms with Crippen LogP contribution in [0.2, 0.25) is 5.02 Å². The first kappa shape index (κ1) is 34.7. The Balaban J connectivity index is 1.21. The summed E-state index contributed by atoms with van der Waals surface area (Å²) in [6, 6.07) is 30.6. The van der Waals surface area contributed by atoms with Crippen LogP contribution in [0, 0.1) is 0 Å². The van der Waals surface area contributed by atoms with Crippen LogP contribution in [0.1, 0.15) is 43.1 Å². The highest BCUT2D eigenvalue weighted by Gasteiger charge is 2.31. The van der Waals surface area contributed by atoms with E-state index in [-0.39, 0.29) is 18.4 Å². The van der Waals surface area contributed by atoms with Gasteiger partial charge in [0.25, 0.3) is 11.8 Å². The summed E-state index contributed by atoms with van der Waals surface area (Å²) in [4.78, 5) is 28.8. The summed E-state index contributed by atoms with van der Waals surface area (Å²) >= 11 is 5.94. The van der Waals surface area contributed by atoms with Crippen molar-refractivity contribution in [3.63, 3.8) is 0 Å². The molecule has 0 radical (unpaired) electrons. The number of hydrogen-bond acceptors (Lipinski definition) is 4. The van der Waals surface area contributed by atoms with Crippen molar-refractivity contribution in [2.75, 3.05) is 26.1 Å². The Bertz CT molecular complexity index is 2300. The fourth-order valence-corrected chi connectivity index (χ4v) is 6.72. The van der Waals surface area contributed by atoms with Crippen LogP contribution in [-0.2, 0) is 25.7 Å². The summed E-state index contributed by atoms with van der Waals surface area (Å²) < 4.78 is 53.7. The number of methoxy groups -OCH3 is 2. The molecule has 7 nitrogen and oxygen atoms in total. The molecule has 0 aliphatic carbocycles. The van der Waals surface area contributed by atoms with Crippen molar-refractivity contribution in [3.8, 4) is 22.6 Å². The van der Waals surface area contributed by atoms with E-state index in [1.165, 1.54) is 6.07 Å². The average molecular weight is 724 g/mol. The summed E-state index contributed by atoms with van der Waals surface area (Å²) in [6.07, 6.45) is -3.89. The van der Waals surface area contributed by atoms with Gasteiger partial charge < -0.3 is 24.3 Å². The van der Waals surface area contributed by atoms with Crippen LogP contribution in [0.4, 0.5) is 18.9 Å². The molecule has 2 heterocycles. The van der Waals surface area contributed by atoms with Gasteiger partial charge in [0.05, 0.1) is 19.8 Å². The van der Waals surface area contributed by atoms with Gasteiger partial charge in [-0.25, -0.2) is 0 Å². The Hall–Kier alpha value is -5.74. The number of carbonyl (C=O) groups excluding carboxylic acids is 2. The smallest absolute Gasteiger partial charge is 0.416 e. The highest BCUT2D eigenvalue weighted by Crippen LogP contribution is 2.35. The lowest BCUT2D eigenvalue weighted by Gasteiger charge is -2.30. The van der Waals surface area contributed by atoms with Gasteiger partial charge in [0.15, 0.2) is 11.5 Å². The first-order valence-electron chi connectivity index (χ1n) is 16.5. The monoisotopic (exact) mass is 723 g/mol. The number of carbonyl (C=O) groups is 2. The summed E-state index contributed by atoms with van der Waals surface area (Å²) in [5.41, 5.74) is 5.59. The van der Waals surface area contributed by atoms with Crippen molar-refractivity contribution in [3.05, 3.63) is 148 Å². The van der Waals surface area contributed by atoms with Crippen LogP contribution in [0.5, 0.6) is 11.5 Å². The van der Waals surface area contributed by atoms with Crippen molar-refractivity contribution in [1.82, 2.24) is 9.47 Å². The number of aromatic nitrogens is 1. The Morgan fingerprint density at radius 3 is 2.19 bits per heavy atom. The van der Waals surface area contributed by atoms with Gasteiger partial charge >= 0.3 is 6.18 Å². The molecule has 2 amide bonds. The van der Waals surface area contributed by atoms with Gasteiger partial charge in [0.1, 0.15) is 5.69 Å². The number of benzene rings is 5. The van der Waals surface area contributed by atoms with Crippen LogP contribution in [-0.4, -0.2) is 42.0 Å². The molecule has 1 aromatic heterocycles. The predicted molar refractivity (Wildman–Crippen MR) is 195 cm³/mol. The average Bonchev–Trinajstić information content (AvgIpc) is 3.51. The molecule has 0 saturated carbocycles. The maximum atomic E-state index is 14.3. The summed E-state index contributed by atoms with van der Waals surface area (Å²) in [5.74, 6) is 0.696. The lowest BCUT2D eigenvalue weighted by Crippen LogP contribution is -2.37. The molecule has 0 spiro atoms.